The molecule has 2 heterocycles. The van der Waals surface area contributed by atoms with Gasteiger partial charge in [0.2, 0.25) is 0 Å². The smallest absolute Gasteiger partial charge is 0.407 e. The molecule has 0 aromatic rings. The van der Waals surface area contributed by atoms with E-state index in [0.717, 1.165) is 0 Å². The van der Waals surface area contributed by atoms with Gasteiger partial charge in [-0.2, -0.15) is 0 Å². The Labute approximate surface area is 69.3 Å². The van der Waals surface area contributed by atoms with Crippen LogP contribution < -0.4 is 5.32 Å². The highest BCUT2D eigenvalue weighted by atomic mass is 19.1. The SMILES string of the molecule is O=C(O)N1[C@H]2CNC[C@@H]1[C@@H](F)C2. The molecule has 2 aliphatic heterocycles. The molecular weight excluding hydrogens is 163 g/mol. The normalized spacial score (nSPS) is 40.1. The third-order valence-electron chi connectivity index (χ3n) is 2.62. The van der Waals surface area contributed by atoms with E-state index in [0.29, 0.717) is 19.5 Å². The van der Waals surface area contributed by atoms with E-state index in [4.69, 9.17) is 5.11 Å². The van der Waals surface area contributed by atoms with Gasteiger partial charge in [0.1, 0.15) is 6.17 Å². The Balaban J connectivity index is 2.19. The van der Waals surface area contributed by atoms with Crippen molar-refractivity contribution in [1.29, 1.82) is 0 Å². The predicted octanol–water partition coefficient (Wildman–Crippen LogP) is 0.0486. The second-order valence-electron chi connectivity index (χ2n) is 3.32. The molecule has 0 unspecified atom stereocenters. The van der Waals surface area contributed by atoms with E-state index in [1.807, 2.05) is 0 Å². The quantitative estimate of drug-likeness (QED) is 0.545. The molecule has 2 rings (SSSR count). The summed E-state index contributed by atoms with van der Waals surface area (Å²) in [5, 5.41) is 11.8. The van der Waals surface area contributed by atoms with Crippen molar-refractivity contribution < 1.29 is 14.3 Å². The van der Waals surface area contributed by atoms with E-state index < -0.39 is 18.3 Å². The minimum Gasteiger partial charge on any atom is -0.465 e. The van der Waals surface area contributed by atoms with E-state index in [-0.39, 0.29) is 6.04 Å². The van der Waals surface area contributed by atoms with Crippen molar-refractivity contribution in [2.24, 2.45) is 0 Å². The van der Waals surface area contributed by atoms with Gasteiger partial charge in [0.15, 0.2) is 0 Å². The van der Waals surface area contributed by atoms with Crippen LogP contribution in [0, 0.1) is 0 Å². The van der Waals surface area contributed by atoms with Crippen LogP contribution in [0.5, 0.6) is 0 Å². The van der Waals surface area contributed by atoms with E-state index in [1.165, 1.54) is 4.90 Å². The van der Waals surface area contributed by atoms with Crippen LogP contribution in [0.25, 0.3) is 0 Å². The molecule has 0 saturated carbocycles. The van der Waals surface area contributed by atoms with Crippen LogP contribution in [0.1, 0.15) is 6.42 Å². The van der Waals surface area contributed by atoms with Gasteiger partial charge in [0.05, 0.1) is 12.1 Å². The average Bonchev–Trinajstić information content (AvgIpc) is 2.20. The largest absolute Gasteiger partial charge is 0.465 e. The Morgan fingerprint density at radius 3 is 2.83 bits per heavy atom. The molecule has 0 radical (unpaired) electrons. The molecule has 12 heavy (non-hydrogen) atoms. The molecule has 0 aromatic heterocycles. The molecule has 2 N–H and O–H groups in total. The Hall–Kier alpha value is -0.840. The van der Waals surface area contributed by atoms with Crippen LogP contribution in [0.2, 0.25) is 0 Å². The summed E-state index contributed by atoms with van der Waals surface area (Å²) in [5.41, 5.74) is 0. The van der Waals surface area contributed by atoms with Crippen molar-refractivity contribution in [1.82, 2.24) is 10.2 Å². The molecule has 2 aliphatic rings. The summed E-state index contributed by atoms with van der Waals surface area (Å²) in [6.07, 6.45) is -1.63. The molecule has 0 aliphatic carbocycles. The molecule has 3 atom stereocenters. The number of nitrogens with one attached hydrogen (secondary N) is 1. The minimum absolute atomic E-state index is 0.156. The molecule has 4 nitrogen and oxygen atoms in total. The van der Waals surface area contributed by atoms with Gasteiger partial charge in [-0.15, -0.1) is 0 Å². The van der Waals surface area contributed by atoms with Crippen LogP contribution in [0.15, 0.2) is 0 Å². The highest BCUT2D eigenvalue weighted by Crippen LogP contribution is 2.29. The monoisotopic (exact) mass is 174 g/mol. The summed E-state index contributed by atoms with van der Waals surface area (Å²) >= 11 is 0. The van der Waals surface area contributed by atoms with Crippen LogP contribution >= 0.6 is 0 Å². The summed E-state index contributed by atoms with van der Waals surface area (Å²) in [7, 11) is 0. The number of carboxylic acid groups (broad SMARTS) is 1. The number of carbonyl (C=O) groups is 1. The van der Waals surface area contributed by atoms with E-state index >= 15 is 0 Å². The summed E-state index contributed by atoms with van der Waals surface area (Å²) in [6.45, 7) is 1.03. The van der Waals surface area contributed by atoms with Crippen molar-refractivity contribution in [2.75, 3.05) is 13.1 Å². The van der Waals surface area contributed by atoms with Gasteiger partial charge < -0.3 is 10.4 Å². The fourth-order valence-electron chi connectivity index (χ4n) is 2.08. The highest BCUT2D eigenvalue weighted by molar-refractivity contribution is 5.67. The fraction of sp³-hybridized carbons (Fsp3) is 0.857. The van der Waals surface area contributed by atoms with Gasteiger partial charge in [0, 0.05) is 19.5 Å². The summed E-state index contributed by atoms with van der Waals surface area (Å²) in [5.74, 6) is 0. The standard InChI is InChI=1S/C7H11FN2O2/c8-5-1-4-2-9-3-6(5)10(4)7(11)12/h4-6,9H,1-3H2,(H,11,12)/t4-,5+,6-/m1/s1. The molecule has 1 amide bonds. The topological polar surface area (TPSA) is 52.6 Å². The molecule has 2 bridgehead atoms. The first-order valence-electron chi connectivity index (χ1n) is 4.06. The van der Waals surface area contributed by atoms with Crippen molar-refractivity contribution in [3.8, 4) is 0 Å². The fourth-order valence-corrected chi connectivity index (χ4v) is 2.08. The molecule has 0 aromatic carbocycles. The van der Waals surface area contributed by atoms with Crippen molar-refractivity contribution in [3.63, 3.8) is 0 Å². The van der Waals surface area contributed by atoms with Gasteiger partial charge in [-0.1, -0.05) is 0 Å². The Morgan fingerprint density at radius 1 is 1.58 bits per heavy atom. The first-order valence-corrected chi connectivity index (χ1v) is 4.06. The van der Waals surface area contributed by atoms with E-state index in [1.54, 1.807) is 0 Å². The number of rotatable bonds is 0. The van der Waals surface area contributed by atoms with Crippen LogP contribution in [0.3, 0.4) is 0 Å². The lowest BCUT2D eigenvalue weighted by Gasteiger charge is -2.32. The van der Waals surface area contributed by atoms with Crippen molar-refractivity contribution in [2.45, 2.75) is 24.7 Å². The number of hydrogen-bond donors (Lipinski definition) is 2. The zero-order valence-corrected chi connectivity index (χ0v) is 6.53. The van der Waals surface area contributed by atoms with Gasteiger partial charge in [-0.25, -0.2) is 9.18 Å². The summed E-state index contributed by atoms with van der Waals surface area (Å²) in [6, 6.07) is -0.613. The van der Waals surface area contributed by atoms with Gasteiger partial charge >= 0.3 is 6.09 Å². The van der Waals surface area contributed by atoms with E-state index in [2.05, 4.69) is 5.32 Å². The number of nitrogens with zero attached hydrogens (tertiary/aromatic N) is 1. The number of halogens is 1. The summed E-state index contributed by atoms with van der Waals surface area (Å²) < 4.78 is 13.1. The van der Waals surface area contributed by atoms with Crippen LogP contribution in [-0.2, 0) is 0 Å². The first kappa shape index (κ1) is 7.79. The third kappa shape index (κ3) is 0.964. The lowest BCUT2D eigenvalue weighted by molar-refractivity contribution is 0.0992. The summed E-state index contributed by atoms with van der Waals surface area (Å²) in [4.78, 5) is 11.9. The third-order valence-corrected chi connectivity index (χ3v) is 2.62. The lowest BCUT2D eigenvalue weighted by atomic mass is 10.2. The Bertz CT molecular complexity index is 212. The molecular formula is C7H11FN2O2. The molecule has 68 valence electrons. The van der Waals surface area contributed by atoms with Gasteiger partial charge in [0.25, 0.3) is 0 Å². The molecule has 2 fully saturated rings. The van der Waals surface area contributed by atoms with E-state index in [9.17, 15) is 9.18 Å². The number of alkyl halides is 1. The number of piperazine rings is 1. The average molecular weight is 174 g/mol. The highest BCUT2D eigenvalue weighted by Gasteiger charge is 2.46. The van der Waals surface area contributed by atoms with Crippen molar-refractivity contribution in [3.05, 3.63) is 0 Å². The van der Waals surface area contributed by atoms with Gasteiger partial charge in [-0.05, 0) is 0 Å². The second-order valence-corrected chi connectivity index (χ2v) is 3.32. The number of amides is 1. The molecule has 0 spiro atoms. The number of hydrogen-bond acceptors (Lipinski definition) is 2. The Kier molecular flexibility index (Phi) is 1.68. The molecule has 5 heteroatoms. The second kappa shape index (κ2) is 2.58. The van der Waals surface area contributed by atoms with Crippen molar-refractivity contribution >= 4 is 6.09 Å². The maximum Gasteiger partial charge on any atom is 0.407 e. The molecule has 2 saturated heterocycles. The number of fused-ring (bicyclic) bond motifs is 2. The van der Waals surface area contributed by atoms with Crippen LogP contribution in [0.4, 0.5) is 9.18 Å². The minimum atomic E-state index is -0.994. The van der Waals surface area contributed by atoms with Gasteiger partial charge in [-0.3, -0.25) is 4.90 Å². The lowest BCUT2D eigenvalue weighted by Crippen LogP contribution is -2.54. The van der Waals surface area contributed by atoms with Crippen LogP contribution in [-0.4, -0.2) is 47.4 Å². The maximum atomic E-state index is 13.1. The maximum absolute atomic E-state index is 13.1. The zero-order valence-electron chi connectivity index (χ0n) is 6.53. The first-order chi connectivity index (χ1) is 5.70. The Morgan fingerprint density at radius 2 is 2.33 bits per heavy atom. The predicted molar refractivity (Wildman–Crippen MR) is 39.8 cm³/mol. The zero-order chi connectivity index (χ0) is 8.72.